The highest BCUT2D eigenvalue weighted by Crippen LogP contribution is 2.39. The number of thioether (sulfide) groups is 1. The van der Waals surface area contributed by atoms with Crippen LogP contribution in [0, 0.1) is 0 Å². The fourth-order valence-corrected chi connectivity index (χ4v) is 4.22. The van der Waals surface area contributed by atoms with E-state index in [0.29, 0.717) is 12.2 Å². The van der Waals surface area contributed by atoms with Crippen LogP contribution < -0.4 is 10.1 Å². The molecule has 2 amide bonds. The number of amides is 2. The van der Waals surface area contributed by atoms with Gasteiger partial charge in [0.15, 0.2) is 6.04 Å². The minimum atomic E-state index is -1.10. The average Bonchev–Trinajstić information content (AvgIpc) is 2.69. The van der Waals surface area contributed by atoms with Crippen LogP contribution in [0.1, 0.15) is 5.56 Å². The molecule has 0 aliphatic carbocycles. The summed E-state index contributed by atoms with van der Waals surface area (Å²) >= 11 is 1.30. The summed E-state index contributed by atoms with van der Waals surface area (Å²) in [6.45, 7) is 0.00131. The van der Waals surface area contributed by atoms with E-state index >= 15 is 0 Å². The fourth-order valence-electron chi connectivity index (χ4n) is 2.88. The number of rotatable bonds is 6. The molecule has 0 radical (unpaired) electrons. The molecule has 3 atom stereocenters. The molecule has 1 N–H and O–H groups in total. The summed E-state index contributed by atoms with van der Waals surface area (Å²) < 4.78 is 10.4. The molecule has 26 heavy (non-hydrogen) atoms. The van der Waals surface area contributed by atoms with Crippen molar-refractivity contribution >= 4 is 36.0 Å². The Bertz CT molecular complexity index is 774. The number of nitrogens with zero attached hydrogens (tertiary/aromatic N) is 1. The molecule has 8 nitrogen and oxygen atoms in total. The number of ether oxygens (including phenoxy) is 2. The number of β-lactam (4-membered cyclic amide) rings is 1. The Morgan fingerprint density at radius 2 is 2.15 bits per heavy atom. The second-order valence-electron chi connectivity index (χ2n) is 5.69. The van der Waals surface area contributed by atoms with Gasteiger partial charge in [0.05, 0.1) is 12.7 Å². The average molecular weight is 376 g/mol. The Kier molecular flexibility index (Phi) is 5.29. The van der Waals surface area contributed by atoms with Crippen LogP contribution in [0.15, 0.2) is 29.8 Å². The maximum atomic E-state index is 12.5. The van der Waals surface area contributed by atoms with Crippen LogP contribution in [0.2, 0.25) is 0 Å². The Morgan fingerprint density at radius 3 is 2.77 bits per heavy atom. The highest BCUT2D eigenvalue weighted by molar-refractivity contribution is 8.00. The molecule has 136 valence electrons. The molecule has 2 saturated heterocycles. The van der Waals surface area contributed by atoms with Crippen molar-refractivity contribution in [3.05, 3.63) is 35.4 Å². The molecule has 9 heteroatoms. The van der Waals surface area contributed by atoms with Gasteiger partial charge in [-0.05, 0) is 17.7 Å². The van der Waals surface area contributed by atoms with E-state index in [4.69, 9.17) is 9.47 Å². The van der Waals surface area contributed by atoms with Gasteiger partial charge in [-0.15, -0.1) is 11.8 Å². The zero-order chi connectivity index (χ0) is 18.7. The predicted octanol–water partition coefficient (Wildman–Crippen LogP) is -0.105. The smallest absolute Gasteiger partial charge is 0.334 e. The summed E-state index contributed by atoms with van der Waals surface area (Å²) in [4.78, 5) is 47.8. The van der Waals surface area contributed by atoms with Gasteiger partial charge in [-0.3, -0.25) is 9.59 Å². The van der Waals surface area contributed by atoms with Crippen LogP contribution in [-0.4, -0.2) is 59.4 Å². The van der Waals surface area contributed by atoms with Crippen molar-refractivity contribution in [2.45, 2.75) is 24.1 Å². The van der Waals surface area contributed by atoms with Gasteiger partial charge >= 0.3 is 5.97 Å². The summed E-state index contributed by atoms with van der Waals surface area (Å²) in [6.07, 6.45) is 0.447. The summed E-state index contributed by atoms with van der Waals surface area (Å²) in [5.74, 6) is 1.56. The molecule has 1 aromatic rings. The molecular weight excluding hydrogens is 360 g/mol. The Labute approximate surface area is 153 Å². The largest absolute Gasteiger partial charge is 0.497 e. The SMILES string of the molecule is COc1ccc(COC(=O)C2C(=C=O)CS[C@@H]3C(NC=O)C(=O)N23)cc1. The van der Waals surface area contributed by atoms with Crippen LogP contribution in [0.25, 0.3) is 0 Å². The monoisotopic (exact) mass is 376 g/mol. The van der Waals surface area contributed by atoms with Crippen LogP contribution in [0.5, 0.6) is 5.75 Å². The lowest BCUT2D eigenvalue weighted by molar-refractivity contribution is -0.163. The van der Waals surface area contributed by atoms with Gasteiger partial charge in [0.25, 0.3) is 0 Å². The van der Waals surface area contributed by atoms with Crippen molar-refractivity contribution < 1.29 is 28.7 Å². The summed E-state index contributed by atoms with van der Waals surface area (Å²) in [7, 11) is 1.55. The normalized spacial score (nSPS) is 24.0. The lowest BCUT2D eigenvalue weighted by Gasteiger charge is -2.51. The fraction of sp³-hybridized carbons (Fsp3) is 0.353. The second-order valence-corrected chi connectivity index (χ2v) is 6.80. The third-order valence-electron chi connectivity index (χ3n) is 4.24. The van der Waals surface area contributed by atoms with Crippen LogP contribution in [-0.2, 0) is 30.5 Å². The van der Waals surface area contributed by atoms with Crippen molar-refractivity contribution in [2.24, 2.45) is 0 Å². The van der Waals surface area contributed by atoms with Gasteiger partial charge in [0.1, 0.15) is 29.7 Å². The van der Waals surface area contributed by atoms with Gasteiger partial charge in [0, 0.05) is 5.75 Å². The van der Waals surface area contributed by atoms with Gasteiger partial charge in [-0.2, -0.15) is 0 Å². The number of fused-ring (bicyclic) bond motifs is 1. The number of benzene rings is 1. The standard InChI is InChI=1S/C17H16N2O6S/c1-24-12-4-2-10(3-5-12)7-25-17(23)14-11(6-20)8-26-16-13(18-9-21)15(22)19(14)16/h2-5,9,13-14,16H,7-8H2,1H3,(H,18,21)/t13?,14?,16-/m1/s1. The van der Waals surface area contributed by atoms with E-state index in [1.54, 1.807) is 37.3 Å². The van der Waals surface area contributed by atoms with E-state index in [2.05, 4.69) is 5.32 Å². The highest BCUT2D eigenvalue weighted by Gasteiger charge is 2.56. The Balaban J connectivity index is 1.70. The summed E-state index contributed by atoms with van der Waals surface area (Å²) in [6, 6.07) is 5.18. The molecule has 2 unspecified atom stereocenters. The molecule has 1 aromatic carbocycles. The second kappa shape index (κ2) is 7.63. The molecule has 0 bridgehead atoms. The molecule has 0 spiro atoms. The maximum Gasteiger partial charge on any atom is 0.334 e. The lowest BCUT2D eigenvalue weighted by atomic mass is 9.98. The number of carbonyl (C=O) groups excluding carboxylic acids is 4. The molecular formula is C17H16N2O6S. The number of carbonyl (C=O) groups is 3. The highest BCUT2D eigenvalue weighted by atomic mass is 32.2. The minimum Gasteiger partial charge on any atom is -0.497 e. The van der Waals surface area contributed by atoms with Gasteiger partial charge in [-0.25, -0.2) is 9.59 Å². The van der Waals surface area contributed by atoms with E-state index in [1.165, 1.54) is 16.7 Å². The molecule has 2 heterocycles. The summed E-state index contributed by atoms with van der Waals surface area (Å²) in [5.41, 5.74) is 0.900. The molecule has 2 fully saturated rings. The van der Waals surface area contributed by atoms with E-state index in [0.717, 1.165) is 5.56 Å². The van der Waals surface area contributed by atoms with E-state index in [-0.39, 0.29) is 17.9 Å². The zero-order valence-electron chi connectivity index (χ0n) is 13.8. The Morgan fingerprint density at radius 1 is 1.42 bits per heavy atom. The molecule has 2 aliphatic heterocycles. The quantitative estimate of drug-likeness (QED) is 0.320. The first-order valence-electron chi connectivity index (χ1n) is 7.77. The summed E-state index contributed by atoms with van der Waals surface area (Å²) in [5, 5.41) is 2.03. The molecule has 3 rings (SSSR count). The third-order valence-corrected chi connectivity index (χ3v) is 5.56. The van der Waals surface area contributed by atoms with Crippen molar-refractivity contribution in [1.82, 2.24) is 10.2 Å². The first-order chi connectivity index (χ1) is 12.6. The van der Waals surface area contributed by atoms with Gasteiger partial charge < -0.3 is 19.7 Å². The predicted molar refractivity (Wildman–Crippen MR) is 91.9 cm³/mol. The van der Waals surface area contributed by atoms with Gasteiger partial charge in [-0.1, -0.05) is 12.1 Å². The minimum absolute atomic E-state index is 0.00131. The van der Waals surface area contributed by atoms with Crippen molar-refractivity contribution in [1.29, 1.82) is 0 Å². The van der Waals surface area contributed by atoms with Crippen LogP contribution in [0.4, 0.5) is 0 Å². The first-order valence-corrected chi connectivity index (χ1v) is 8.82. The Hall–Kier alpha value is -2.77. The number of hydrogen-bond donors (Lipinski definition) is 1. The third kappa shape index (κ3) is 3.18. The zero-order valence-corrected chi connectivity index (χ0v) is 14.7. The van der Waals surface area contributed by atoms with E-state index in [9.17, 15) is 19.2 Å². The van der Waals surface area contributed by atoms with E-state index in [1.807, 2.05) is 0 Å². The number of nitrogens with one attached hydrogen (secondary N) is 1. The van der Waals surface area contributed by atoms with Crippen molar-refractivity contribution in [2.75, 3.05) is 12.9 Å². The maximum absolute atomic E-state index is 12.5. The van der Waals surface area contributed by atoms with Crippen molar-refractivity contribution in [3.63, 3.8) is 0 Å². The number of esters is 1. The molecule has 0 saturated carbocycles. The van der Waals surface area contributed by atoms with Crippen molar-refractivity contribution in [3.8, 4) is 5.75 Å². The molecule has 0 aromatic heterocycles. The molecule has 2 aliphatic rings. The van der Waals surface area contributed by atoms with Crippen LogP contribution >= 0.6 is 11.8 Å². The lowest BCUT2D eigenvalue weighted by Crippen LogP contribution is -2.74. The topological polar surface area (TPSA) is 102 Å². The number of hydrogen-bond acceptors (Lipinski definition) is 7. The first kappa shape index (κ1) is 18.0. The number of methoxy groups -OCH3 is 1. The van der Waals surface area contributed by atoms with Crippen LogP contribution in [0.3, 0.4) is 0 Å². The van der Waals surface area contributed by atoms with E-state index < -0.39 is 29.3 Å². The van der Waals surface area contributed by atoms with Gasteiger partial charge in [0.2, 0.25) is 12.3 Å².